The van der Waals surface area contributed by atoms with E-state index in [4.69, 9.17) is 9.47 Å². The second kappa shape index (κ2) is 20.7. The molecule has 3 aromatic rings. The fraction of sp³-hybridized carbons (Fsp3) is 0.629. The van der Waals surface area contributed by atoms with Crippen molar-refractivity contribution in [3.63, 3.8) is 0 Å². The van der Waals surface area contributed by atoms with Crippen molar-refractivity contribution in [1.82, 2.24) is 9.88 Å². The lowest BCUT2D eigenvalue weighted by atomic mass is 10.1. The van der Waals surface area contributed by atoms with Gasteiger partial charge in [0, 0.05) is 6.54 Å². The van der Waals surface area contributed by atoms with Crippen LogP contribution < -0.4 is 9.47 Å². The first-order valence-electron chi connectivity index (χ1n) is 16.3. The Bertz CT molecular complexity index is 967. The van der Waals surface area contributed by atoms with E-state index in [1.165, 1.54) is 116 Å². The Morgan fingerprint density at radius 1 is 0.600 bits per heavy atom. The van der Waals surface area contributed by atoms with Gasteiger partial charge in [-0.15, -0.1) is 0 Å². The van der Waals surface area contributed by atoms with E-state index in [2.05, 4.69) is 29.8 Å². The van der Waals surface area contributed by atoms with E-state index >= 15 is 0 Å². The van der Waals surface area contributed by atoms with E-state index in [0.717, 1.165) is 34.9 Å². The van der Waals surface area contributed by atoms with Crippen LogP contribution in [0.4, 0.5) is 0 Å². The van der Waals surface area contributed by atoms with E-state index in [1.54, 1.807) is 11.3 Å². The van der Waals surface area contributed by atoms with Gasteiger partial charge >= 0.3 is 0 Å². The molecular formula is C35H54N2O2S. The molecule has 222 valence electrons. The van der Waals surface area contributed by atoms with Crippen LogP contribution in [0.5, 0.6) is 16.7 Å². The monoisotopic (exact) mass is 566 g/mol. The van der Waals surface area contributed by atoms with Gasteiger partial charge < -0.3 is 9.47 Å². The summed E-state index contributed by atoms with van der Waals surface area (Å²) in [7, 11) is 0. The summed E-state index contributed by atoms with van der Waals surface area (Å²) in [4.78, 5) is 7.20. The van der Waals surface area contributed by atoms with Gasteiger partial charge in [-0.1, -0.05) is 127 Å². The number of unbranched alkanes of at least 4 members (excludes halogenated alkanes) is 14. The zero-order chi connectivity index (χ0) is 28.1. The van der Waals surface area contributed by atoms with E-state index in [0.29, 0.717) is 5.19 Å². The number of hydrogen-bond acceptors (Lipinski definition) is 5. The first kappa shape index (κ1) is 32.4. The quantitative estimate of drug-likeness (QED) is 0.101. The third-order valence-corrected chi connectivity index (χ3v) is 8.55. The zero-order valence-corrected chi connectivity index (χ0v) is 26.2. The van der Waals surface area contributed by atoms with Crippen LogP contribution in [0, 0.1) is 0 Å². The van der Waals surface area contributed by atoms with E-state index in [1.807, 2.05) is 42.5 Å². The lowest BCUT2D eigenvalue weighted by molar-refractivity contribution is 0.202. The maximum Gasteiger partial charge on any atom is 0.279 e. The topological polar surface area (TPSA) is 34.6 Å². The highest BCUT2D eigenvalue weighted by atomic mass is 32.1. The molecule has 1 aromatic heterocycles. The Hall–Kier alpha value is -2.11. The molecule has 5 heteroatoms. The van der Waals surface area contributed by atoms with Crippen LogP contribution in [-0.2, 0) is 0 Å². The van der Waals surface area contributed by atoms with Crippen LogP contribution in [0.1, 0.15) is 117 Å². The molecule has 2 aromatic carbocycles. The second-order valence-corrected chi connectivity index (χ2v) is 12.2. The van der Waals surface area contributed by atoms with Crippen molar-refractivity contribution in [2.24, 2.45) is 0 Å². The van der Waals surface area contributed by atoms with Crippen LogP contribution in [0.2, 0.25) is 0 Å². The molecule has 3 rings (SSSR count). The molecular weight excluding hydrogens is 512 g/mol. The largest absolute Gasteiger partial charge is 0.492 e. The summed E-state index contributed by atoms with van der Waals surface area (Å²) in [5, 5.41) is 0.674. The molecule has 0 atom stereocenters. The number of benzene rings is 2. The molecule has 40 heavy (non-hydrogen) atoms. The average molecular weight is 567 g/mol. The summed E-state index contributed by atoms with van der Waals surface area (Å²) in [6.45, 7) is 8.70. The molecule has 0 radical (unpaired) electrons. The minimum Gasteiger partial charge on any atom is -0.492 e. The molecule has 0 saturated carbocycles. The number of fused-ring (bicyclic) bond motifs is 1. The summed E-state index contributed by atoms with van der Waals surface area (Å²) < 4.78 is 13.3. The number of ether oxygens (including phenoxy) is 2. The lowest BCUT2D eigenvalue weighted by Gasteiger charge is -2.22. The van der Waals surface area contributed by atoms with Gasteiger partial charge in [0.15, 0.2) is 0 Å². The minimum atomic E-state index is 0.674. The third kappa shape index (κ3) is 13.5. The van der Waals surface area contributed by atoms with Gasteiger partial charge in [-0.25, -0.2) is 4.98 Å². The normalized spacial score (nSPS) is 11.5. The Kier molecular flexibility index (Phi) is 16.8. The summed E-state index contributed by atoms with van der Waals surface area (Å²) >= 11 is 1.57. The summed E-state index contributed by atoms with van der Waals surface area (Å²) in [6, 6.07) is 16.1. The third-order valence-electron chi connectivity index (χ3n) is 7.64. The van der Waals surface area contributed by atoms with Crippen LogP contribution in [0.15, 0.2) is 48.5 Å². The molecule has 0 aliphatic rings. The number of hydrogen-bond donors (Lipinski definition) is 0. The molecule has 0 amide bonds. The Balaban J connectivity index is 1.36. The number of aromatic nitrogens is 1. The highest BCUT2D eigenvalue weighted by Gasteiger charge is 2.08. The first-order valence-corrected chi connectivity index (χ1v) is 17.1. The predicted molar refractivity (Wildman–Crippen MR) is 173 cm³/mol. The smallest absolute Gasteiger partial charge is 0.279 e. The van der Waals surface area contributed by atoms with Crippen LogP contribution in [-0.4, -0.2) is 36.1 Å². The van der Waals surface area contributed by atoms with E-state index in [9.17, 15) is 0 Å². The molecule has 0 aliphatic carbocycles. The van der Waals surface area contributed by atoms with Gasteiger partial charge in [0.2, 0.25) is 0 Å². The number of rotatable bonds is 24. The highest BCUT2D eigenvalue weighted by Crippen LogP contribution is 2.31. The fourth-order valence-electron chi connectivity index (χ4n) is 5.17. The molecule has 0 saturated heterocycles. The van der Waals surface area contributed by atoms with Gasteiger partial charge in [-0.05, 0) is 62.3 Å². The van der Waals surface area contributed by atoms with Crippen molar-refractivity contribution in [2.45, 2.75) is 117 Å². The van der Waals surface area contributed by atoms with Crippen molar-refractivity contribution in [3.05, 3.63) is 48.5 Å². The van der Waals surface area contributed by atoms with Crippen LogP contribution in [0.25, 0.3) is 10.2 Å². The van der Waals surface area contributed by atoms with Gasteiger partial charge in [0.1, 0.15) is 18.1 Å². The summed E-state index contributed by atoms with van der Waals surface area (Å²) in [5.74, 6) is 1.69. The number of nitrogens with zero attached hydrogens (tertiary/aromatic N) is 2. The second-order valence-electron chi connectivity index (χ2n) is 11.2. The van der Waals surface area contributed by atoms with Crippen LogP contribution >= 0.6 is 11.3 Å². The molecule has 4 nitrogen and oxygen atoms in total. The first-order chi connectivity index (χ1) is 19.8. The van der Waals surface area contributed by atoms with Crippen molar-refractivity contribution in [1.29, 1.82) is 0 Å². The number of thiazole rings is 1. The zero-order valence-electron chi connectivity index (χ0n) is 25.4. The van der Waals surface area contributed by atoms with E-state index < -0.39 is 0 Å². The van der Waals surface area contributed by atoms with Gasteiger partial charge in [0.05, 0.1) is 10.2 Å². The highest BCUT2D eigenvalue weighted by molar-refractivity contribution is 7.20. The van der Waals surface area contributed by atoms with Crippen LogP contribution in [0.3, 0.4) is 0 Å². The van der Waals surface area contributed by atoms with Crippen molar-refractivity contribution >= 4 is 21.6 Å². The molecule has 0 aliphatic heterocycles. The maximum atomic E-state index is 6.14. The summed E-state index contributed by atoms with van der Waals surface area (Å²) in [5.41, 5.74) is 0.978. The molecule has 0 unspecified atom stereocenters. The lowest BCUT2D eigenvalue weighted by Crippen LogP contribution is -2.30. The predicted octanol–water partition coefficient (Wildman–Crippen LogP) is 11.1. The fourth-order valence-corrected chi connectivity index (χ4v) is 6.00. The molecule has 0 bridgehead atoms. The molecule has 0 N–H and O–H groups in total. The van der Waals surface area contributed by atoms with Gasteiger partial charge in [-0.3, -0.25) is 4.90 Å². The maximum absolute atomic E-state index is 6.14. The van der Waals surface area contributed by atoms with Gasteiger partial charge in [-0.2, -0.15) is 0 Å². The Morgan fingerprint density at radius 3 is 1.70 bits per heavy atom. The standard InChI is InChI=1S/C35H54N2O2S/c1-3-5-7-9-11-13-15-19-27-37(28-20-16-14-12-10-8-6-4-2)29-30-38-31-23-25-32(26-24-31)39-35-36-33-21-17-18-22-34(33)40-35/h17-18,21-26H,3-16,19-20,27-30H2,1-2H3. The average Bonchev–Trinajstić information content (AvgIpc) is 3.38. The molecule has 0 spiro atoms. The Labute approximate surface area is 248 Å². The molecule has 1 heterocycles. The van der Waals surface area contributed by atoms with Crippen molar-refractivity contribution < 1.29 is 9.47 Å². The SMILES string of the molecule is CCCCCCCCCCN(CCCCCCCCCC)CCOc1ccc(Oc2nc3ccccc3s2)cc1. The van der Waals surface area contributed by atoms with Crippen molar-refractivity contribution in [2.75, 3.05) is 26.2 Å². The van der Waals surface area contributed by atoms with Crippen molar-refractivity contribution in [3.8, 4) is 16.7 Å². The molecule has 0 fully saturated rings. The van der Waals surface area contributed by atoms with Gasteiger partial charge in [0.25, 0.3) is 5.19 Å². The Morgan fingerprint density at radius 2 is 1.12 bits per heavy atom. The minimum absolute atomic E-state index is 0.674. The summed E-state index contributed by atoms with van der Waals surface area (Å²) in [6.07, 6.45) is 22.0. The number of para-hydroxylation sites is 1. The van der Waals surface area contributed by atoms with E-state index in [-0.39, 0.29) is 0 Å².